The van der Waals surface area contributed by atoms with E-state index in [9.17, 15) is 23.1 Å². The average molecular weight is 660 g/mol. The molecule has 5 rings (SSSR count). The number of hydrogen-bond donors (Lipinski definition) is 3. The van der Waals surface area contributed by atoms with Gasteiger partial charge in [-0.05, 0) is 89.7 Å². The van der Waals surface area contributed by atoms with E-state index < -0.39 is 22.3 Å². The van der Waals surface area contributed by atoms with Gasteiger partial charge in [-0.1, -0.05) is 48.5 Å². The number of aromatic carboxylic acids is 1. The fourth-order valence-electron chi connectivity index (χ4n) is 5.49. The number of morpholine rings is 1. The van der Waals surface area contributed by atoms with Gasteiger partial charge in [0.2, 0.25) is 5.91 Å². The smallest absolute Gasteiger partial charge is 0.380 e. The zero-order valence-corrected chi connectivity index (χ0v) is 26.9. The maximum Gasteiger partial charge on any atom is 0.380 e. The van der Waals surface area contributed by atoms with Crippen LogP contribution in [0.4, 0.5) is 0 Å². The van der Waals surface area contributed by atoms with Crippen molar-refractivity contribution in [2.45, 2.75) is 39.1 Å². The SMILES string of the molecule is Cc1cc(OS(N)(=O)=O)ccc1-c1cc(CN2CCOC[C@@H]2C(=O)N[C@@H](C)c2ccc(C(=O)O)cc2)cc(OCc2ccccc2)c1. The lowest BCUT2D eigenvalue weighted by Gasteiger charge is -2.35. The Kier molecular flexibility index (Phi) is 10.6. The summed E-state index contributed by atoms with van der Waals surface area (Å²) in [5, 5.41) is 17.3. The summed E-state index contributed by atoms with van der Waals surface area (Å²) in [5.41, 5.74) is 5.34. The first-order valence-electron chi connectivity index (χ1n) is 15.0. The first-order valence-corrected chi connectivity index (χ1v) is 16.5. The fourth-order valence-corrected chi connectivity index (χ4v) is 5.86. The predicted molar refractivity (Wildman–Crippen MR) is 176 cm³/mol. The number of nitrogens with zero attached hydrogens (tertiary/aromatic N) is 1. The van der Waals surface area contributed by atoms with Crippen LogP contribution in [0.3, 0.4) is 0 Å². The molecule has 0 unspecified atom stereocenters. The minimum absolute atomic E-state index is 0.111. The first kappa shape index (κ1) is 33.6. The molecule has 11 nitrogen and oxygen atoms in total. The summed E-state index contributed by atoms with van der Waals surface area (Å²) in [7, 11) is -4.17. The number of amides is 1. The van der Waals surface area contributed by atoms with Crippen LogP contribution in [-0.2, 0) is 33.0 Å². The molecule has 0 saturated carbocycles. The van der Waals surface area contributed by atoms with Crippen LogP contribution < -0.4 is 19.4 Å². The van der Waals surface area contributed by atoms with E-state index >= 15 is 0 Å². The summed E-state index contributed by atoms with van der Waals surface area (Å²) in [4.78, 5) is 26.8. The predicted octanol–water partition coefficient (Wildman–Crippen LogP) is 4.60. The van der Waals surface area contributed by atoms with Crippen molar-refractivity contribution < 1.29 is 36.8 Å². The fraction of sp³-hybridized carbons (Fsp3) is 0.257. The van der Waals surface area contributed by atoms with Crippen LogP contribution >= 0.6 is 0 Å². The summed E-state index contributed by atoms with van der Waals surface area (Å²) in [6.45, 7) is 5.71. The van der Waals surface area contributed by atoms with Gasteiger partial charge < -0.3 is 24.1 Å². The van der Waals surface area contributed by atoms with Crippen LogP contribution in [0.1, 0.15) is 45.6 Å². The average Bonchev–Trinajstić information content (AvgIpc) is 3.03. The number of carbonyl (C=O) groups is 2. The molecule has 1 heterocycles. The molecule has 1 aliphatic rings. The van der Waals surface area contributed by atoms with Crippen molar-refractivity contribution in [2.75, 3.05) is 19.8 Å². The molecular formula is C35H37N3O8S. The van der Waals surface area contributed by atoms with Crippen molar-refractivity contribution in [3.05, 3.63) is 119 Å². The van der Waals surface area contributed by atoms with Crippen molar-refractivity contribution in [1.82, 2.24) is 10.2 Å². The number of rotatable bonds is 12. The van der Waals surface area contributed by atoms with Crippen molar-refractivity contribution in [2.24, 2.45) is 5.14 Å². The number of nitrogens with one attached hydrogen (secondary N) is 1. The van der Waals surface area contributed by atoms with Crippen LogP contribution in [0.5, 0.6) is 11.5 Å². The first-order chi connectivity index (χ1) is 22.4. The number of aryl methyl sites for hydroxylation is 1. The van der Waals surface area contributed by atoms with Crippen LogP contribution in [0.25, 0.3) is 11.1 Å². The van der Waals surface area contributed by atoms with E-state index in [1.165, 1.54) is 12.1 Å². The van der Waals surface area contributed by atoms with Gasteiger partial charge >= 0.3 is 16.3 Å². The van der Waals surface area contributed by atoms with Crippen molar-refractivity contribution >= 4 is 22.2 Å². The summed E-state index contributed by atoms with van der Waals surface area (Å²) in [6.07, 6.45) is 0. The molecule has 2 atom stereocenters. The number of nitrogens with two attached hydrogens (primary N) is 1. The Morgan fingerprint density at radius 2 is 1.74 bits per heavy atom. The molecule has 1 aliphatic heterocycles. The van der Waals surface area contributed by atoms with Crippen molar-refractivity contribution in [3.8, 4) is 22.6 Å². The zero-order chi connectivity index (χ0) is 33.6. The summed E-state index contributed by atoms with van der Waals surface area (Å²) >= 11 is 0. The topological polar surface area (TPSA) is 157 Å². The molecule has 0 bridgehead atoms. The standard InChI is InChI=1S/C35H37N3O8S/c1-23-16-30(46-47(36,42)43)12-13-32(23)29-17-26(18-31(19-29)45-21-25-6-4-3-5-7-25)20-38-14-15-44-22-33(38)34(39)37-24(2)27-8-10-28(11-9-27)35(40)41/h3-13,16-19,24,33H,14-15,20-22H2,1-2H3,(H,37,39)(H,40,41)(H2,36,42,43)/t24-,33+/m0/s1. The Hall–Kier alpha value is -4.75. The maximum absolute atomic E-state index is 13.5. The van der Waals surface area contributed by atoms with Crippen LogP contribution in [0.15, 0.2) is 91.0 Å². The van der Waals surface area contributed by atoms with Crippen molar-refractivity contribution in [3.63, 3.8) is 0 Å². The van der Waals surface area contributed by atoms with Gasteiger partial charge in [0.15, 0.2) is 0 Å². The third-order valence-electron chi connectivity index (χ3n) is 7.88. The number of benzene rings is 4. The second-order valence-corrected chi connectivity index (χ2v) is 12.6. The molecule has 0 aromatic heterocycles. The molecule has 0 spiro atoms. The molecule has 47 heavy (non-hydrogen) atoms. The molecule has 1 saturated heterocycles. The Morgan fingerprint density at radius 3 is 2.43 bits per heavy atom. The van der Waals surface area contributed by atoms with Gasteiger partial charge in [0, 0.05) is 13.1 Å². The van der Waals surface area contributed by atoms with E-state index in [1.807, 2.05) is 62.4 Å². The van der Waals surface area contributed by atoms with Crippen LogP contribution in [0, 0.1) is 6.92 Å². The Bertz CT molecular complexity index is 1830. The Balaban J connectivity index is 1.39. The van der Waals surface area contributed by atoms with Crippen molar-refractivity contribution in [1.29, 1.82) is 0 Å². The lowest BCUT2D eigenvalue weighted by molar-refractivity contribution is -0.133. The third kappa shape index (κ3) is 9.17. The molecule has 4 aromatic carbocycles. The van der Waals surface area contributed by atoms with Gasteiger partial charge in [-0.25, -0.2) is 4.79 Å². The van der Waals surface area contributed by atoms with Gasteiger partial charge in [-0.3, -0.25) is 9.69 Å². The Morgan fingerprint density at radius 1 is 1.00 bits per heavy atom. The molecule has 4 aromatic rings. The minimum atomic E-state index is -4.17. The molecule has 0 radical (unpaired) electrons. The highest BCUT2D eigenvalue weighted by molar-refractivity contribution is 7.84. The largest absolute Gasteiger partial charge is 0.489 e. The maximum atomic E-state index is 13.5. The summed E-state index contributed by atoms with van der Waals surface area (Å²) in [5.74, 6) is -0.459. The van der Waals surface area contributed by atoms with E-state index in [0.717, 1.165) is 33.4 Å². The van der Waals surface area contributed by atoms with E-state index in [0.29, 0.717) is 32.1 Å². The lowest BCUT2D eigenvalue weighted by atomic mass is 9.97. The van der Waals surface area contributed by atoms with Crippen LogP contribution in [-0.4, -0.2) is 56.1 Å². The second-order valence-electron chi connectivity index (χ2n) is 11.4. The number of carbonyl (C=O) groups excluding carboxylic acids is 1. The van der Waals surface area contributed by atoms with E-state index in [1.54, 1.807) is 30.3 Å². The highest BCUT2D eigenvalue weighted by atomic mass is 32.2. The molecular weight excluding hydrogens is 622 g/mol. The van der Waals surface area contributed by atoms with Gasteiger partial charge in [0.25, 0.3) is 0 Å². The quantitative estimate of drug-likeness (QED) is 0.198. The monoisotopic (exact) mass is 659 g/mol. The molecule has 246 valence electrons. The zero-order valence-electron chi connectivity index (χ0n) is 26.1. The van der Waals surface area contributed by atoms with Gasteiger partial charge in [0.1, 0.15) is 24.1 Å². The van der Waals surface area contributed by atoms with Gasteiger partial charge in [0.05, 0.1) is 24.8 Å². The second kappa shape index (κ2) is 14.8. The highest BCUT2D eigenvalue weighted by Gasteiger charge is 2.30. The lowest BCUT2D eigenvalue weighted by Crippen LogP contribution is -2.53. The molecule has 0 aliphatic carbocycles. The van der Waals surface area contributed by atoms with Gasteiger partial charge in [-0.2, -0.15) is 13.6 Å². The normalized spacial score (nSPS) is 15.9. The number of carboxylic acid groups (broad SMARTS) is 1. The van der Waals surface area contributed by atoms with Crippen LogP contribution in [0.2, 0.25) is 0 Å². The highest BCUT2D eigenvalue weighted by Crippen LogP contribution is 2.32. The third-order valence-corrected chi connectivity index (χ3v) is 8.30. The molecule has 1 amide bonds. The Labute approximate surface area is 274 Å². The summed E-state index contributed by atoms with van der Waals surface area (Å²) < 4.78 is 39.7. The number of carboxylic acids is 1. The van der Waals surface area contributed by atoms with Gasteiger partial charge in [-0.15, -0.1) is 0 Å². The van der Waals surface area contributed by atoms with E-state index in [2.05, 4.69) is 10.2 Å². The summed E-state index contributed by atoms with van der Waals surface area (Å²) in [6, 6.07) is 26.2. The molecule has 12 heteroatoms. The van der Waals surface area contributed by atoms with E-state index in [4.69, 9.17) is 18.8 Å². The van der Waals surface area contributed by atoms with E-state index in [-0.39, 0.29) is 29.9 Å². The minimum Gasteiger partial charge on any atom is -0.489 e. The number of hydrogen-bond acceptors (Lipinski definition) is 8. The molecule has 1 fully saturated rings. The molecule has 4 N–H and O–H groups in total. The number of ether oxygens (including phenoxy) is 2.